The molecule has 0 radical (unpaired) electrons. The lowest BCUT2D eigenvalue weighted by Gasteiger charge is -2.15. The molecular weight excluding hydrogens is 310 g/mol. The topological polar surface area (TPSA) is 83.2 Å². The Hall–Kier alpha value is -2.76. The summed E-state index contributed by atoms with van der Waals surface area (Å²) >= 11 is 0. The van der Waals surface area contributed by atoms with E-state index in [-0.39, 0.29) is 5.75 Å². The van der Waals surface area contributed by atoms with E-state index in [9.17, 15) is 5.11 Å². The molecule has 2 aromatic carbocycles. The smallest absolute Gasteiger partial charge is 0.203 e. The van der Waals surface area contributed by atoms with Gasteiger partial charge in [0.05, 0.1) is 34.1 Å². The lowest BCUT2D eigenvalue weighted by molar-refractivity contribution is 0.324. The van der Waals surface area contributed by atoms with E-state index < -0.39 is 0 Å². The molecule has 0 bridgehead atoms. The molecule has 0 fully saturated rings. The van der Waals surface area contributed by atoms with Crippen LogP contribution in [-0.4, -0.2) is 33.5 Å². The number of anilines is 1. The Kier molecular flexibility index (Phi) is 5.63. The number of hydrogen-bond donors (Lipinski definition) is 2. The lowest BCUT2D eigenvalue weighted by Crippen LogP contribution is -2.01. The van der Waals surface area contributed by atoms with Crippen molar-refractivity contribution in [2.24, 2.45) is 0 Å². The predicted octanol–water partition coefficient (Wildman–Crippen LogP) is 2.79. The second-order valence-electron chi connectivity index (χ2n) is 5.22. The third kappa shape index (κ3) is 3.42. The van der Waals surface area contributed by atoms with Gasteiger partial charge < -0.3 is 29.8 Å². The van der Waals surface area contributed by atoms with Crippen molar-refractivity contribution in [1.29, 1.82) is 0 Å². The summed E-state index contributed by atoms with van der Waals surface area (Å²) in [6.45, 7) is 0. The van der Waals surface area contributed by atoms with E-state index in [0.717, 1.165) is 11.1 Å². The van der Waals surface area contributed by atoms with Gasteiger partial charge in [-0.1, -0.05) is 6.07 Å². The Balaban J connectivity index is 2.25. The summed E-state index contributed by atoms with van der Waals surface area (Å²) in [7, 11) is 6.23. The predicted molar refractivity (Wildman–Crippen MR) is 92.6 cm³/mol. The summed E-state index contributed by atoms with van der Waals surface area (Å²) in [6.07, 6.45) is 1.36. The highest BCUT2D eigenvalue weighted by Gasteiger charge is 2.14. The summed E-state index contributed by atoms with van der Waals surface area (Å²) in [5.41, 5.74) is 8.18. The number of hydrogen-bond acceptors (Lipinski definition) is 6. The number of benzene rings is 2. The normalized spacial score (nSPS) is 10.3. The highest BCUT2D eigenvalue weighted by Crippen LogP contribution is 2.39. The first-order valence-corrected chi connectivity index (χ1v) is 7.48. The zero-order valence-corrected chi connectivity index (χ0v) is 14.4. The molecule has 0 aliphatic rings. The maximum Gasteiger partial charge on any atom is 0.203 e. The van der Waals surface area contributed by atoms with Gasteiger partial charge in [0.2, 0.25) is 5.75 Å². The molecule has 6 heteroatoms. The van der Waals surface area contributed by atoms with Crippen LogP contribution >= 0.6 is 0 Å². The average Bonchev–Trinajstić information content (AvgIpc) is 2.61. The molecule has 0 amide bonds. The summed E-state index contributed by atoms with van der Waals surface area (Å²) in [5, 5.41) is 10.0. The molecular formula is C18H23NO5. The number of ether oxygens (including phenoxy) is 4. The van der Waals surface area contributed by atoms with Gasteiger partial charge in [0.25, 0.3) is 0 Å². The maximum absolute atomic E-state index is 10.0. The van der Waals surface area contributed by atoms with Crippen LogP contribution in [0.3, 0.4) is 0 Å². The number of phenols is 1. The van der Waals surface area contributed by atoms with Crippen LogP contribution in [0.1, 0.15) is 11.1 Å². The van der Waals surface area contributed by atoms with E-state index >= 15 is 0 Å². The first kappa shape index (κ1) is 17.6. The molecule has 6 nitrogen and oxygen atoms in total. The fourth-order valence-corrected chi connectivity index (χ4v) is 2.57. The first-order valence-electron chi connectivity index (χ1n) is 7.48. The third-order valence-electron chi connectivity index (χ3n) is 3.90. The summed E-state index contributed by atoms with van der Waals surface area (Å²) < 4.78 is 21.1. The number of methoxy groups -OCH3 is 4. The van der Waals surface area contributed by atoms with Crippen molar-refractivity contribution in [3.05, 3.63) is 35.4 Å². The molecule has 0 heterocycles. The van der Waals surface area contributed by atoms with E-state index in [2.05, 4.69) is 0 Å². The van der Waals surface area contributed by atoms with E-state index in [0.29, 0.717) is 41.5 Å². The van der Waals surface area contributed by atoms with Crippen molar-refractivity contribution in [2.75, 3.05) is 34.2 Å². The molecule has 0 aliphatic carbocycles. The zero-order valence-electron chi connectivity index (χ0n) is 14.4. The number of nitrogen functional groups attached to an aromatic ring is 1. The minimum absolute atomic E-state index is 0.0279. The van der Waals surface area contributed by atoms with Gasteiger partial charge in [0.15, 0.2) is 23.0 Å². The van der Waals surface area contributed by atoms with E-state index in [1.807, 2.05) is 18.2 Å². The standard InChI is InChI=1S/C18H23NO5/c1-21-13-8-7-12(16(19)17(13)20)6-5-11-9-14(22-2)18(24-4)15(10-11)23-3/h7-10,20H,5-6,19H2,1-4H3. The molecule has 0 saturated carbocycles. The van der Waals surface area contributed by atoms with E-state index in [1.165, 1.54) is 7.11 Å². The van der Waals surface area contributed by atoms with E-state index in [1.54, 1.807) is 27.4 Å². The van der Waals surface area contributed by atoms with Crippen molar-refractivity contribution >= 4 is 5.69 Å². The third-order valence-corrected chi connectivity index (χ3v) is 3.90. The fourth-order valence-electron chi connectivity index (χ4n) is 2.57. The average molecular weight is 333 g/mol. The zero-order chi connectivity index (χ0) is 17.7. The molecule has 0 aliphatic heterocycles. The molecule has 2 rings (SSSR count). The molecule has 0 atom stereocenters. The largest absolute Gasteiger partial charge is 0.503 e. The summed E-state index contributed by atoms with van der Waals surface area (Å²) in [5.74, 6) is 2.11. The minimum atomic E-state index is -0.0279. The maximum atomic E-state index is 10.0. The minimum Gasteiger partial charge on any atom is -0.503 e. The highest BCUT2D eigenvalue weighted by atomic mass is 16.5. The molecule has 0 aromatic heterocycles. The Bertz CT molecular complexity index is 690. The van der Waals surface area contributed by atoms with Gasteiger partial charge in [-0.2, -0.15) is 0 Å². The highest BCUT2D eigenvalue weighted by molar-refractivity contribution is 5.64. The van der Waals surface area contributed by atoms with Crippen LogP contribution in [0, 0.1) is 0 Å². The number of aryl methyl sites for hydroxylation is 2. The quantitative estimate of drug-likeness (QED) is 0.599. The summed E-state index contributed by atoms with van der Waals surface area (Å²) in [4.78, 5) is 0. The number of phenolic OH excluding ortho intramolecular Hbond substituents is 1. The number of nitrogens with two attached hydrogens (primary N) is 1. The van der Waals surface area contributed by atoms with Crippen molar-refractivity contribution in [3.63, 3.8) is 0 Å². The van der Waals surface area contributed by atoms with E-state index in [4.69, 9.17) is 24.7 Å². The van der Waals surface area contributed by atoms with Gasteiger partial charge in [0, 0.05) is 0 Å². The van der Waals surface area contributed by atoms with Crippen LogP contribution < -0.4 is 24.7 Å². The van der Waals surface area contributed by atoms with Crippen molar-refractivity contribution in [3.8, 4) is 28.7 Å². The molecule has 24 heavy (non-hydrogen) atoms. The van der Waals surface area contributed by atoms with Gasteiger partial charge in [-0.3, -0.25) is 0 Å². The van der Waals surface area contributed by atoms with Crippen molar-refractivity contribution < 1.29 is 24.1 Å². The second kappa shape index (κ2) is 7.68. The first-order chi connectivity index (χ1) is 11.5. The number of aromatic hydroxyl groups is 1. The SMILES string of the molecule is COc1ccc(CCc2cc(OC)c(OC)c(OC)c2)c(N)c1O. The van der Waals surface area contributed by atoms with Crippen LogP contribution in [0.25, 0.3) is 0 Å². The van der Waals surface area contributed by atoms with Crippen LogP contribution in [0.5, 0.6) is 28.7 Å². The Morgan fingerprint density at radius 2 is 1.42 bits per heavy atom. The van der Waals surface area contributed by atoms with Crippen LogP contribution in [0.4, 0.5) is 5.69 Å². The molecule has 2 aromatic rings. The number of rotatable bonds is 7. The Morgan fingerprint density at radius 1 is 0.833 bits per heavy atom. The fraction of sp³-hybridized carbons (Fsp3) is 0.333. The lowest BCUT2D eigenvalue weighted by atomic mass is 10.0. The van der Waals surface area contributed by atoms with Crippen LogP contribution in [-0.2, 0) is 12.8 Å². The van der Waals surface area contributed by atoms with Gasteiger partial charge in [0.1, 0.15) is 0 Å². The molecule has 0 saturated heterocycles. The van der Waals surface area contributed by atoms with Gasteiger partial charge in [-0.25, -0.2) is 0 Å². The Labute approximate surface area is 141 Å². The molecule has 130 valence electrons. The van der Waals surface area contributed by atoms with Crippen LogP contribution in [0.15, 0.2) is 24.3 Å². The molecule has 0 unspecified atom stereocenters. The van der Waals surface area contributed by atoms with Gasteiger partial charge in [-0.15, -0.1) is 0 Å². The summed E-state index contributed by atoms with van der Waals surface area (Å²) in [6, 6.07) is 7.37. The van der Waals surface area contributed by atoms with Gasteiger partial charge in [-0.05, 0) is 42.2 Å². The second-order valence-corrected chi connectivity index (χ2v) is 5.22. The molecule has 3 N–H and O–H groups in total. The molecule has 0 spiro atoms. The van der Waals surface area contributed by atoms with Crippen molar-refractivity contribution in [2.45, 2.75) is 12.8 Å². The Morgan fingerprint density at radius 3 is 1.92 bits per heavy atom. The van der Waals surface area contributed by atoms with Crippen LogP contribution in [0.2, 0.25) is 0 Å². The van der Waals surface area contributed by atoms with Crippen molar-refractivity contribution in [1.82, 2.24) is 0 Å². The monoisotopic (exact) mass is 333 g/mol. The van der Waals surface area contributed by atoms with Gasteiger partial charge >= 0.3 is 0 Å².